The summed E-state index contributed by atoms with van der Waals surface area (Å²) in [6.07, 6.45) is 1.70. The highest BCUT2D eigenvalue weighted by molar-refractivity contribution is 5.94. The summed E-state index contributed by atoms with van der Waals surface area (Å²) in [5.41, 5.74) is 0.0892. The molecule has 1 atom stereocenters. The predicted molar refractivity (Wildman–Crippen MR) is 75.5 cm³/mol. The van der Waals surface area contributed by atoms with Crippen LogP contribution in [0.3, 0.4) is 0 Å². The van der Waals surface area contributed by atoms with Crippen LogP contribution in [0.1, 0.15) is 40.5 Å². The number of hydrogen-bond donors (Lipinski definition) is 0. The van der Waals surface area contributed by atoms with Gasteiger partial charge in [0.25, 0.3) is 5.91 Å². The molecular formula is C15H15F3N4O. The predicted octanol–water partition coefficient (Wildman–Crippen LogP) is 2.81. The van der Waals surface area contributed by atoms with E-state index in [0.717, 1.165) is 30.7 Å². The minimum atomic E-state index is -4.51. The summed E-state index contributed by atoms with van der Waals surface area (Å²) in [7, 11) is 1.80. The van der Waals surface area contributed by atoms with E-state index in [9.17, 15) is 18.0 Å². The summed E-state index contributed by atoms with van der Waals surface area (Å²) in [6.45, 7) is 0.569. The van der Waals surface area contributed by atoms with E-state index in [4.69, 9.17) is 0 Å². The number of carbonyl (C=O) groups excluding carboxylic acids is 1. The third-order valence-corrected chi connectivity index (χ3v) is 3.92. The van der Waals surface area contributed by atoms with Crippen LogP contribution in [-0.2, 0) is 13.2 Å². The maximum Gasteiger partial charge on any atom is 0.433 e. The lowest BCUT2D eigenvalue weighted by Gasteiger charge is -2.24. The lowest BCUT2D eigenvalue weighted by molar-refractivity contribution is -0.141. The molecule has 1 aliphatic rings. The molecule has 1 aliphatic heterocycles. The Bertz CT molecular complexity index is 708. The minimum absolute atomic E-state index is 0.0986. The first-order valence-electron chi connectivity index (χ1n) is 7.19. The van der Waals surface area contributed by atoms with Gasteiger partial charge < -0.3 is 4.90 Å². The second kappa shape index (κ2) is 5.68. The smallest absolute Gasteiger partial charge is 0.331 e. The Morgan fingerprint density at radius 3 is 2.65 bits per heavy atom. The van der Waals surface area contributed by atoms with E-state index < -0.39 is 11.9 Å². The summed E-state index contributed by atoms with van der Waals surface area (Å²) < 4.78 is 39.3. The van der Waals surface area contributed by atoms with Gasteiger partial charge in [-0.1, -0.05) is 0 Å². The van der Waals surface area contributed by atoms with E-state index in [0.29, 0.717) is 6.54 Å². The van der Waals surface area contributed by atoms with Crippen LogP contribution in [0.15, 0.2) is 30.7 Å². The van der Waals surface area contributed by atoms with E-state index in [1.165, 1.54) is 6.07 Å². The summed E-state index contributed by atoms with van der Waals surface area (Å²) in [6, 6.07) is 1.91. The van der Waals surface area contributed by atoms with E-state index in [1.807, 2.05) is 6.20 Å². The van der Waals surface area contributed by atoms with Gasteiger partial charge in [-0.05, 0) is 25.0 Å². The minimum Gasteiger partial charge on any atom is -0.331 e. The molecule has 2 aromatic rings. The Morgan fingerprint density at radius 1 is 1.30 bits per heavy atom. The largest absolute Gasteiger partial charge is 0.433 e. The van der Waals surface area contributed by atoms with E-state index >= 15 is 0 Å². The van der Waals surface area contributed by atoms with Crippen LogP contribution in [0.25, 0.3) is 0 Å². The number of nitrogens with zero attached hydrogens (tertiary/aromatic N) is 4. The van der Waals surface area contributed by atoms with Crippen LogP contribution >= 0.6 is 0 Å². The zero-order valence-electron chi connectivity index (χ0n) is 12.4. The Balaban J connectivity index is 1.82. The molecule has 1 unspecified atom stereocenters. The molecule has 1 amide bonds. The topological polar surface area (TPSA) is 51.0 Å². The first-order chi connectivity index (χ1) is 10.9. The van der Waals surface area contributed by atoms with E-state index in [-0.39, 0.29) is 17.5 Å². The van der Waals surface area contributed by atoms with Gasteiger partial charge >= 0.3 is 6.18 Å². The molecule has 5 nitrogen and oxygen atoms in total. The van der Waals surface area contributed by atoms with E-state index in [2.05, 4.69) is 10.1 Å². The lowest BCUT2D eigenvalue weighted by Crippen LogP contribution is -2.30. The molecule has 3 rings (SSSR count). The van der Waals surface area contributed by atoms with Crippen molar-refractivity contribution in [2.75, 3.05) is 6.54 Å². The number of alkyl halides is 3. The number of likely N-dealkylation sites (tertiary alicyclic amines) is 1. The molecule has 1 saturated heterocycles. The van der Waals surface area contributed by atoms with Gasteiger partial charge in [0, 0.05) is 31.5 Å². The number of halogens is 3. The molecule has 0 aromatic carbocycles. The molecule has 0 N–H and O–H groups in total. The first-order valence-corrected chi connectivity index (χ1v) is 7.19. The average Bonchev–Trinajstić information content (AvgIpc) is 3.14. The number of carbonyl (C=O) groups is 1. The monoisotopic (exact) mass is 324 g/mol. The fourth-order valence-electron chi connectivity index (χ4n) is 2.82. The maximum absolute atomic E-state index is 12.6. The van der Waals surface area contributed by atoms with Crippen molar-refractivity contribution in [1.29, 1.82) is 0 Å². The summed E-state index contributed by atoms with van der Waals surface area (Å²) in [4.78, 5) is 17.6. The second-order valence-electron chi connectivity index (χ2n) is 5.53. The fraction of sp³-hybridized carbons (Fsp3) is 0.400. The van der Waals surface area contributed by atoms with Crippen LogP contribution in [0.5, 0.6) is 0 Å². The fourth-order valence-corrected chi connectivity index (χ4v) is 2.82. The molecule has 3 heterocycles. The quantitative estimate of drug-likeness (QED) is 0.853. The molecule has 8 heteroatoms. The number of hydrogen-bond acceptors (Lipinski definition) is 3. The van der Waals surface area contributed by atoms with Gasteiger partial charge in [-0.3, -0.25) is 14.5 Å². The van der Waals surface area contributed by atoms with Crippen LogP contribution < -0.4 is 0 Å². The zero-order valence-corrected chi connectivity index (χ0v) is 12.4. The van der Waals surface area contributed by atoms with Gasteiger partial charge in [-0.15, -0.1) is 0 Å². The normalized spacial score (nSPS) is 18.4. The Morgan fingerprint density at radius 2 is 2.09 bits per heavy atom. The highest BCUT2D eigenvalue weighted by atomic mass is 19.4. The first kappa shape index (κ1) is 15.5. The van der Waals surface area contributed by atoms with Gasteiger partial charge in [-0.2, -0.15) is 18.3 Å². The molecule has 0 bridgehead atoms. The molecular weight excluding hydrogens is 309 g/mol. The SMILES string of the molecule is Cn1cc(C2CCCN2C(=O)c2ccc(C(F)(F)F)nc2)cn1. The highest BCUT2D eigenvalue weighted by Gasteiger charge is 2.34. The molecule has 1 fully saturated rings. The van der Waals surface area contributed by atoms with Crippen molar-refractivity contribution in [2.45, 2.75) is 25.1 Å². The van der Waals surface area contributed by atoms with Gasteiger partial charge in [0.2, 0.25) is 0 Å². The third-order valence-electron chi connectivity index (χ3n) is 3.92. The highest BCUT2D eigenvalue weighted by Crippen LogP contribution is 2.33. The van der Waals surface area contributed by atoms with Crippen molar-refractivity contribution >= 4 is 5.91 Å². The number of amides is 1. The standard InChI is InChI=1S/C15H15F3N4O/c1-21-9-11(8-20-21)12-3-2-6-22(12)14(23)10-4-5-13(19-7-10)15(16,17)18/h4-5,7-9,12H,2-3,6H2,1H3. The Labute approximate surface area is 130 Å². The molecule has 23 heavy (non-hydrogen) atoms. The van der Waals surface area contributed by atoms with Crippen molar-refractivity contribution in [3.63, 3.8) is 0 Å². The number of aryl methyl sites for hydroxylation is 1. The molecule has 0 saturated carbocycles. The van der Waals surface area contributed by atoms with Gasteiger partial charge in [0.1, 0.15) is 5.69 Å². The van der Waals surface area contributed by atoms with Crippen LogP contribution in [0, 0.1) is 0 Å². The van der Waals surface area contributed by atoms with Gasteiger partial charge in [0.05, 0.1) is 17.8 Å². The van der Waals surface area contributed by atoms with Gasteiger partial charge in [0.15, 0.2) is 0 Å². The zero-order chi connectivity index (χ0) is 16.6. The summed E-state index contributed by atoms with van der Waals surface area (Å²) in [5, 5.41) is 4.11. The van der Waals surface area contributed by atoms with Crippen LogP contribution in [0.4, 0.5) is 13.2 Å². The summed E-state index contributed by atoms with van der Waals surface area (Å²) >= 11 is 0. The van der Waals surface area contributed by atoms with Crippen molar-refractivity contribution < 1.29 is 18.0 Å². The maximum atomic E-state index is 12.6. The molecule has 0 aliphatic carbocycles. The van der Waals surface area contributed by atoms with Crippen molar-refractivity contribution in [3.8, 4) is 0 Å². The molecule has 2 aromatic heterocycles. The summed E-state index contributed by atoms with van der Waals surface area (Å²) in [5.74, 6) is -0.308. The second-order valence-corrected chi connectivity index (χ2v) is 5.53. The van der Waals surface area contributed by atoms with Crippen LogP contribution in [0.2, 0.25) is 0 Å². The van der Waals surface area contributed by atoms with E-state index in [1.54, 1.807) is 22.8 Å². The van der Waals surface area contributed by atoms with Crippen LogP contribution in [-0.4, -0.2) is 32.1 Å². The third kappa shape index (κ3) is 3.06. The average molecular weight is 324 g/mol. The number of aromatic nitrogens is 3. The van der Waals surface area contributed by atoms with Crippen molar-refractivity contribution in [2.24, 2.45) is 7.05 Å². The molecule has 0 radical (unpaired) electrons. The Kier molecular flexibility index (Phi) is 3.83. The van der Waals surface area contributed by atoms with Crippen molar-refractivity contribution in [3.05, 3.63) is 47.5 Å². The number of pyridine rings is 1. The molecule has 122 valence electrons. The molecule has 0 spiro atoms. The number of rotatable bonds is 2. The van der Waals surface area contributed by atoms with Gasteiger partial charge in [-0.25, -0.2) is 0 Å². The lowest BCUT2D eigenvalue weighted by atomic mass is 10.1. The Hall–Kier alpha value is -2.38. The van der Waals surface area contributed by atoms with Crippen molar-refractivity contribution in [1.82, 2.24) is 19.7 Å².